The van der Waals surface area contributed by atoms with Crippen molar-refractivity contribution < 1.29 is 9.53 Å². The smallest absolute Gasteiger partial charge is 0.359 e. The molecule has 18 heavy (non-hydrogen) atoms. The van der Waals surface area contributed by atoms with Gasteiger partial charge in [0, 0.05) is 0 Å². The minimum atomic E-state index is -0.441. The first kappa shape index (κ1) is 12.2. The van der Waals surface area contributed by atoms with Crippen LogP contribution in [0, 0.1) is 13.8 Å². The van der Waals surface area contributed by atoms with Crippen LogP contribution >= 0.6 is 0 Å². The van der Waals surface area contributed by atoms with Gasteiger partial charge in [0.1, 0.15) is 6.61 Å². The molecule has 0 aliphatic rings. The first-order chi connectivity index (χ1) is 8.66. The van der Waals surface area contributed by atoms with Crippen molar-refractivity contribution in [2.24, 2.45) is 0 Å². The van der Waals surface area contributed by atoms with Gasteiger partial charge in [0.2, 0.25) is 0 Å². The summed E-state index contributed by atoms with van der Waals surface area (Å²) in [6.07, 6.45) is 0. The van der Waals surface area contributed by atoms with Crippen molar-refractivity contribution in [1.82, 2.24) is 10.2 Å². The number of hydrogen-bond donors (Lipinski definition) is 0. The lowest BCUT2D eigenvalue weighted by atomic mass is 10.2. The van der Waals surface area contributed by atoms with E-state index in [0.29, 0.717) is 0 Å². The molecule has 0 amide bonds. The van der Waals surface area contributed by atoms with Gasteiger partial charge >= 0.3 is 5.97 Å². The summed E-state index contributed by atoms with van der Waals surface area (Å²) in [7, 11) is 0. The zero-order valence-corrected chi connectivity index (χ0v) is 10.4. The Labute approximate surface area is 106 Å². The van der Waals surface area contributed by atoms with Crippen molar-refractivity contribution in [2.75, 3.05) is 0 Å². The van der Waals surface area contributed by atoms with Crippen LogP contribution in [0.25, 0.3) is 0 Å². The van der Waals surface area contributed by atoms with Crippen LogP contribution in [0.2, 0.25) is 0 Å². The molecule has 1 aromatic heterocycles. The number of aromatic nitrogens is 2. The number of aryl methyl sites for hydroxylation is 2. The maximum atomic E-state index is 11.8. The monoisotopic (exact) mass is 242 g/mol. The highest BCUT2D eigenvalue weighted by Crippen LogP contribution is 2.08. The largest absolute Gasteiger partial charge is 0.456 e. The zero-order chi connectivity index (χ0) is 13.0. The number of carbonyl (C=O) groups excluding carboxylic acids is 1. The summed E-state index contributed by atoms with van der Waals surface area (Å²) in [5.74, 6) is -0.441. The van der Waals surface area contributed by atoms with Crippen molar-refractivity contribution in [2.45, 2.75) is 20.5 Å². The molecule has 0 radical (unpaired) electrons. The highest BCUT2D eigenvalue weighted by atomic mass is 16.5. The van der Waals surface area contributed by atoms with Gasteiger partial charge in [-0.3, -0.25) is 0 Å². The number of benzene rings is 1. The maximum Gasteiger partial charge on any atom is 0.359 e. The van der Waals surface area contributed by atoms with Crippen LogP contribution < -0.4 is 0 Å². The predicted octanol–water partition coefficient (Wildman–Crippen LogP) is 2.45. The lowest BCUT2D eigenvalue weighted by Crippen LogP contribution is -2.11. The topological polar surface area (TPSA) is 52.1 Å². The Kier molecular flexibility index (Phi) is 3.67. The lowest BCUT2D eigenvalue weighted by Gasteiger charge is -2.06. The average molecular weight is 242 g/mol. The Hall–Kier alpha value is -2.23. The predicted molar refractivity (Wildman–Crippen MR) is 67.1 cm³/mol. The SMILES string of the molecule is Cc1cc(C)c(C(=O)OCc2ccccc2)nn1. The quantitative estimate of drug-likeness (QED) is 0.776. The number of nitrogens with zero attached hydrogens (tertiary/aromatic N) is 2. The van der Waals surface area contributed by atoms with Crippen LogP contribution in [0.3, 0.4) is 0 Å². The normalized spacial score (nSPS) is 10.1. The van der Waals surface area contributed by atoms with Gasteiger partial charge in [-0.1, -0.05) is 30.3 Å². The molecule has 1 heterocycles. The van der Waals surface area contributed by atoms with Gasteiger partial charge in [-0.2, -0.15) is 5.10 Å². The first-order valence-corrected chi connectivity index (χ1v) is 5.69. The first-order valence-electron chi connectivity index (χ1n) is 5.69. The maximum absolute atomic E-state index is 11.8. The summed E-state index contributed by atoms with van der Waals surface area (Å²) in [5, 5.41) is 7.73. The van der Waals surface area contributed by atoms with Crippen LogP contribution in [-0.4, -0.2) is 16.2 Å². The van der Waals surface area contributed by atoms with Crippen LogP contribution in [0.1, 0.15) is 27.3 Å². The second-order valence-electron chi connectivity index (χ2n) is 4.08. The van der Waals surface area contributed by atoms with Crippen LogP contribution in [0.15, 0.2) is 36.4 Å². The lowest BCUT2D eigenvalue weighted by molar-refractivity contribution is 0.0463. The van der Waals surface area contributed by atoms with Gasteiger partial charge < -0.3 is 4.74 Å². The Morgan fingerprint density at radius 2 is 1.89 bits per heavy atom. The van der Waals surface area contributed by atoms with E-state index in [4.69, 9.17) is 4.74 Å². The minimum absolute atomic E-state index is 0.245. The number of rotatable bonds is 3. The molecule has 0 aliphatic carbocycles. The molecule has 0 N–H and O–H groups in total. The third kappa shape index (κ3) is 2.91. The van der Waals surface area contributed by atoms with Crippen molar-refractivity contribution in [1.29, 1.82) is 0 Å². The summed E-state index contributed by atoms with van der Waals surface area (Å²) < 4.78 is 5.19. The van der Waals surface area contributed by atoms with Crippen LogP contribution in [0.5, 0.6) is 0 Å². The fraction of sp³-hybridized carbons (Fsp3) is 0.214. The van der Waals surface area contributed by atoms with Crippen molar-refractivity contribution in [3.05, 3.63) is 58.9 Å². The van der Waals surface area contributed by atoms with E-state index in [1.165, 1.54) is 0 Å². The third-order valence-corrected chi connectivity index (χ3v) is 2.51. The molecule has 0 fully saturated rings. The van der Waals surface area contributed by atoms with Gasteiger partial charge in [-0.15, -0.1) is 5.10 Å². The molecule has 92 valence electrons. The molecular formula is C14H14N2O2. The average Bonchev–Trinajstić information content (AvgIpc) is 2.37. The fourth-order valence-corrected chi connectivity index (χ4v) is 1.61. The van der Waals surface area contributed by atoms with Gasteiger partial charge in [0.25, 0.3) is 0 Å². The molecule has 2 rings (SSSR count). The van der Waals surface area contributed by atoms with E-state index < -0.39 is 5.97 Å². The number of carbonyl (C=O) groups is 1. The van der Waals surface area contributed by atoms with Gasteiger partial charge in [-0.05, 0) is 31.0 Å². The summed E-state index contributed by atoms with van der Waals surface area (Å²) in [6, 6.07) is 11.3. The van der Waals surface area contributed by atoms with Crippen molar-refractivity contribution in [3.63, 3.8) is 0 Å². The molecule has 0 spiro atoms. The van der Waals surface area contributed by atoms with E-state index >= 15 is 0 Å². The molecule has 2 aromatic rings. The molecule has 0 saturated carbocycles. The Morgan fingerprint density at radius 1 is 1.17 bits per heavy atom. The van der Waals surface area contributed by atoms with Gasteiger partial charge in [0.05, 0.1) is 5.69 Å². The molecule has 4 heteroatoms. The standard InChI is InChI=1S/C14H14N2O2/c1-10-8-11(2)15-16-13(10)14(17)18-9-12-6-4-3-5-7-12/h3-8H,9H2,1-2H3. The Morgan fingerprint density at radius 3 is 2.56 bits per heavy atom. The summed E-state index contributed by atoms with van der Waals surface area (Å²) >= 11 is 0. The second kappa shape index (κ2) is 5.40. The molecule has 0 unspecified atom stereocenters. The minimum Gasteiger partial charge on any atom is -0.456 e. The van der Waals surface area contributed by atoms with E-state index in [2.05, 4.69) is 10.2 Å². The highest BCUT2D eigenvalue weighted by Gasteiger charge is 2.13. The summed E-state index contributed by atoms with van der Waals surface area (Å²) in [6.45, 7) is 3.90. The van der Waals surface area contributed by atoms with E-state index in [1.807, 2.05) is 50.2 Å². The number of hydrogen-bond acceptors (Lipinski definition) is 4. The van der Waals surface area contributed by atoms with Gasteiger partial charge in [-0.25, -0.2) is 4.79 Å². The molecule has 4 nitrogen and oxygen atoms in total. The van der Waals surface area contributed by atoms with Crippen LogP contribution in [0.4, 0.5) is 0 Å². The van der Waals surface area contributed by atoms with E-state index in [1.54, 1.807) is 0 Å². The van der Waals surface area contributed by atoms with Crippen molar-refractivity contribution >= 4 is 5.97 Å². The summed E-state index contributed by atoms with van der Waals surface area (Å²) in [5.41, 5.74) is 2.78. The molecule has 0 bridgehead atoms. The molecule has 0 aliphatic heterocycles. The Bertz CT molecular complexity index is 553. The molecule has 0 saturated heterocycles. The van der Waals surface area contributed by atoms with E-state index in [9.17, 15) is 4.79 Å². The third-order valence-electron chi connectivity index (χ3n) is 2.51. The molecule has 0 atom stereocenters. The van der Waals surface area contributed by atoms with E-state index in [0.717, 1.165) is 16.8 Å². The summed E-state index contributed by atoms with van der Waals surface area (Å²) in [4.78, 5) is 11.8. The molecule has 1 aromatic carbocycles. The fourth-order valence-electron chi connectivity index (χ4n) is 1.61. The van der Waals surface area contributed by atoms with Crippen LogP contribution in [-0.2, 0) is 11.3 Å². The second-order valence-corrected chi connectivity index (χ2v) is 4.08. The zero-order valence-electron chi connectivity index (χ0n) is 10.4. The number of esters is 1. The van der Waals surface area contributed by atoms with Crippen molar-refractivity contribution in [3.8, 4) is 0 Å². The molecular weight excluding hydrogens is 228 g/mol. The Balaban J connectivity index is 2.04. The number of ether oxygens (including phenoxy) is 1. The van der Waals surface area contributed by atoms with Gasteiger partial charge in [0.15, 0.2) is 5.69 Å². The van der Waals surface area contributed by atoms with E-state index in [-0.39, 0.29) is 12.3 Å². The highest BCUT2D eigenvalue weighted by molar-refractivity contribution is 5.88.